The smallest absolute Gasteiger partial charge is 0.471 e. The number of urea groups is 1. The Morgan fingerprint density at radius 3 is 2.23 bits per heavy atom. The molecule has 43 heavy (non-hydrogen) atoms. The molecular weight excluding hydrogens is 567 g/mol. The lowest BCUT2D eigenvalue weighted by atomic mass is 9.74. The molecule has 1 aliphatic rings. The number of pyridine rings is 2. The zero-order valence-corrected chi connectivity index (χ0v) is 22.8. The molecule has 3 heterocycles. The molecule has 1 unspecified atom stereocenters. The second kappa shape index (κ2) is 11.2. The highest BCUT2D eigenvalue weighted by atomic mass is 19.4. The Bertz CT molecular complexity index is 1710. The molecule has 1 atom stereocenters. The first-order valence-corrected chi connectivity index (χ1v) is 12.9. The molecule has 2 aromatic carbocycles. The van der Waals surface area contributed by atoms with E-state index in [1.807, 2.05) is 47.9 Å². The lowest BCUT2D eigenvalue weighted by Crippen LogP contribution is -2.66. The van der Waals surface area contributed by atoms with Crippen molar-refractivity contribution in [3.63, 3.8) is 0 Å². The lowest BCUT2D eigenvalue weighted by Gasteiger charge is -2.43. The van der Waals surface area contributed by atoms with Crippen LogP contribution in [0.4, 0.5) is 23.7 Å². The fourth-order valence-electron chi connectivity index (χ4n) is 5.03. The molecule has 4 aromatic rings. The Morgan fingerprint density at radius 2 is 1.60 bits per heavy atom. The van der Waals surface area contributed by atoms with Crippen molar-refractivity contribution in [2.75, 3.05) is 4.90 Å². The number of para-hydroxylation sites is 1. The van der Waals surface area contributed by atoms with E-state index in [0.29, 0.717) is 4.90 Å². The van der Waals surface area contributed by atoms with Crippen molar-refractivity contribution >= 4 is 40.3 Å². The van der Waals surface area contributed by atoms with Gasteiger partial charge in [-0.2, -0.15) is 13.2 Å². The number of carbonyl (C=O) groups is 4. The van der Waals surface area contributed by atoms with E-state index >= 15 is 0 Å². The molecule has 2 aromatic heterocycles. The van der Waals surface area contributed by atoms with Gasteiger partial charge in [-0.15, -0.1) is 0 Å². The molecular formula is C30H24F3N5O5. The van der Waals surface area contributed by atoms with Gasteiger partial charge in [0.05, 0.1) is 11.6 Å². The summed E-state index contributed by atoms with van der Waals surface area (Å²) >= 11 is 0. The van der Waals surface area contributed by atoms with Gasteiger partial charge in [-0.25, -0.2) is 4.79 Å². The third-order valence-corrected chi connectivity index (χ3v) is 7.12. The summed E-state index contributed by atoms with van der Waals surface area (Å²) in [5, 5.41) is 4.72. The van der Waals surface area contributed by atoms with Crippen LogP contribution in [0.1, 0.15) is 29.8 Å². The number of hydrogen-bond donors (Lipinski definition) is 2. The van der Waals surface area contributed by atoms with Gasteiger partial charge in [-0.3, -0.25) is 39.9 Å². The number of aryl methyl sites for hydroxylation is 1. The second-order valence-electron chi connectivity index (χ2n) is 10.0. The first-order chi connectivity index (χ1) is 20.4. The predicted octanol–water partition coefficient (Wildman–Crippen LogP) is 4.53. The fraction of sp³-hybridized carbons (Fsp3) is 0.200. The van der Waals surface area contributed by atoms with Crippen LogP contribution in [0.5, 0.6) is 5.75 Å². The van der Waals surface area contributed by atoms with Crippen molar-refractivity contribution in [1.29, 1.82) is 0 Å². The lowest BCUT2D eigenvalue weighted by molar-refractivity contribution is -0.172. The Labute approximate surface area is 242 Å². The second-order valence-corrected chi connectivity index (χ2v) is 10.0. The summed E-state index contributed by atoms with van der Waals surface area (Å²) in [6, 6.07) is 14.1. The molecule has 1 fully saturated rings. The van der Waals surface area contributed by atoms with Crippen molar-refractivity contribution in [3.05, 3.63) is 95.9 Å². The third-order valence-electron chi connectivity index (χ3n) is 7.12. The van der Waals surface area contributed by atoms with Crippen LogP contribution < -0.4 is 20.3 Å². The Balaban J connectivity index is 1.54. The number of carbonyl (C=O) groups excluding carboxylic acids is 4. The van der Waals surface area contributed by atoms with E-state index in [1.165, 1.54) is 48.8 Å². The van der Waals surface area contributed by atoms with Crippen LogP contribution in [0.3, 0.4) is 0 Å². The third kappa shape index (κ3) is 5.61. The first-order valence-electron chi connectivity index (χ1n) is 12.9. The molecule has 5 rings (SSSR count). The summed E-state index contributed by atoms with van der Waals surface area (Å²) in [6.07, 6.45) is -2.91. The van der Waals surface area contributed by atoms with Gasteiger partial charge in [0, 0.05) is 34.7 Å². The van der Waals surface area contributed by atoms with Crippen LogP contribution in [0.2, 0.25) is 0 Å². The van der Waals surface area contributed by atoms with Gasteiger partial charge in [0.1, 0.15) is 12.4 Å². The molecule has 13 heteroatoms. The molecule has 220 valence electrons. The zero-order valence-electron chi connectivity index (χ0n) is 22.8. The molecule has 2 N–H and O–H groups in total. The number of aromatic nitrogens is 2. The summed E-state index contributed by atoms with van der Waals surface area (Å²) in [4.78, 5) is 59.7. The highest BCUT2D eigenvalue weighted by Crippen LogP contribution is 2.44. The molecule has 0 bridgehead atoms. The van der Waals surface area contributed by atoms with Gasteiger partial charge in [-0.05, 0) is 67.9 Å². The fourth-order valence-corrected chi connectivity index (χ4v) is 5.03. The molecule has 10 nitrogen and oxygen atoms in total. The van der Waals surface area contributed by atoms with Crippen molar-refractivity contribution in [1.82, 2.24) is 20.6 Å². The van der Waals surface area contributed by atoms with Gasteiger partial charge >= 0.3 is 18.1 Å². The van der Waals surface area contributed by atoms with Crippen molar-refractivity contribution in [3.8, 4) is 5.75 Å². The summed E-state index contributed by atoms with van der Waals surface area (Å²) < 4.78 is 48.1. The number of fused-ring (bicyclic) bond motifs is 1. The maximum atomic E-state index is 14.1. The van der Waals surface area contributed by atoms with Crippen molar-refractivity contribution in [2.24, 2.45) is 5.41 Å². The number of anilines is 1. The number of alkyl halides is 3. The Morgan fingerprint density at radius 1 is 0.977 bits per heavy atom. The van der Waals surface area contributed by atoms with Crippen LogP contribution >= 0.6 is 0 Å². The summed E-state index contributed by atoms with van der Waals surface area (Å²) in [6.45, 7) is 3.03. The van der Waals surface area contributed by atoms with Crippen LogP contribution in [-0.4, -0.2) is 39.9 Å². The highest BCUT2D eigenvalue weighted by molar-refractivity contribution is 6.20. The van der Waals surface area contributed by atoms with Gasteiger partial charge in [0.25, 0.3) is 0 Å². The Hall–Kier alpha value is -5.33. The van der Waals surface area contributed by atoms with E-state index in [4.69, 9.17) is 4.74 Å². The number of amides is 5. The number of nitrogens with one attached hydrogen (secondary N) is 2. The molecule has 1 aliphatic heterocycles. The number of ether oxygens (including phenoxy) is 1. The standard InChI is InChI=1S/C30H24F3N5O5/c1-17-15-19(22-5-3-4-6-23(22)35-17)16-43-21-9-7-20(8-10-21)38(27(41)30(31,32)33)24(18-11-13-34-14-12-18)29(2)25(39)36-28(42)37-26(29)40/h3-15,24H,16H2,1-2H3,(H2,36,37,39,40,42). The van der Waals surface area contributed by atoms with E-state index in [1.54, 1.807) is 0 Å². The number of halogens is 3. The number of hydrogen-bond acceptors (Lipinski definition) is 7. The van der Waals surface area contributed by atoms with E-state index in [9.17, 15) is 32.3 Å². The minimum Gasteiger partial charge on any atom is -0.489 e. The monoisotopic (exact) mass is 591 g/mol. The number of barbiturate groups is 1. The van der Waals surface area contributed by atoms with Gasteiger partial charge in [0.2, 0.25) is 11.8 Å². The molecule has 5 amide bonds. The van der Waals surface area contributed by atoms with E-state index in [-0.39, 0.29) is 23.6 Å². The summed E-state index contributed by atoms with van der Waals surface area (Å²) in [5.74, 6) is -4.40. The number of rotatable bonds is 7. The number of imide groups is 2. The molecule has 0 aliphatic carbocycles. The van der Waals surface area contributed by atoms with Gasteiger partial charge in [-0.1, -0.05) is 18.2 Å². The predicted molar refractivity (Wildman–Crippen MR) is 148 cm³/mol. The highest BCUT2D eigenvalue weighted by Gasteiger charge is 2.58. The molecule has 0 spiro atoms. The summed E-state index contributed by atoms with van der Waals surface area (Å²) in [7, 11) is 0. The van der Waals surface area contributed by atoms with Crippen LogP contribution in [0.15, 0.2) is 79.1 Å². The van der Waals surface area contributed by atoms with E-state index in [0.717, 1.165) is 29.1 Å². The van der Waals surface area contributed by atoms with Crippen molar-refractivity contribution in [2.45, 2.75) is 32.7 Å². The minimum absolute atomic E-state index is 0.00462. The maximum Gasteiger partial charge on any atom is 0.471 e. The molecule has 0 saturated carbocycles. The molecule has 0 radical (unpaired) electrons. The number of benzene rings is 2. The summed E-state index contributed by atoms with van der Waals surface area (Å²) in [5.41, 5.74) is -0.231. The van der Waals surface area contributed by atoms with Crippen molar-refractivity contribution < 1.29 is 37.1 Å². The van der Waals surface area contributed by atoms with E-state index < -0.39 is 41.4 Å². The van der Waals surface area contributed by atoms with Crippen LogP contribution in [0, 0.1) is 12.3 Å². The Kier molecular flexibility index (Phi) is 7.57. The quantitative estimate of drug-likeness (QED) is 0.302. The van der Waals surface area contributed by atoms with Crippen LogP contribution in [-0.2, 0) is 21.0 Å². The largest absolute Gasteiger partial charge is 0.489 e. The minimum atomic E-state index is -5.39. The first kappa shape index (κ1) is 29.2. The number of nitrogens with zero attached hydrogens (tertiary/aromatic N) is 3. The normalized spacial score (nSPS) is 15.4. The van der Waals surface area contributed by atoms with Crippen LogP contribution in [0.25, 0.3) is 10.9 Å². The molecule has 1 saturated heterocycles. The van der Waals surface area contributed by atoms with E-state index in [2.05, 4.69) is 9.97 Å². The SMILES string of the molecule is Cc1cc(COc2ccc(N(C(=O)C(F)(F)F)C(c3ccncc3)C3(C)C(=O)NC(=O)NC3=O)cc2)c2ccccc2n1. The average molecular weight is 592 g/mol. The maximum absolute atomic E-state index is 14.1. The van der Waals surface area contributed by atoms with Gasteiger partial charge in [0.15, 0.2) is 5.41 Å². The average Bonchev–Trinajstić information content (AvgIpc) is 2.97. The van der Waals surface area contributed by atoms with Gasteiger partial charge < -0.3 is 4.74 Å². The zero-order chi connectivity index (χ0) is 30.9. The topological polar surface area (TPSA) is 131 Å².